The van der Waals surface area contributed by atoms with Crippen molar-refractivity contribution >= 4 is 24.3 Å². The number of amides is 1. The highest BCUT2D eigenvalue weighted by molar-refractivity contribution is 5.85. The number of carboxylic acid groups (broad SMARTS) is 1. The molecule has 0 spiro atoms. The number of nitrogens with zero attached hydrogens (tertiary/aromatic N) is 1. The van der Waals surface area contributed by atoms with Gasteiger partial charge in [0, 0.05) is 0 Å². The van der Waals surface area contributed by atoms with Crippen LogP contribution in [-0.2, 0) is 9.59 Å². The maximum Gasteiger partial charge on any atom is 0.320 e. The number of likely N-dealkylation sites (tertiary alicyclic amines) is 1. The van der Waals surface area contributed by atoms with E-state index in [2.05, 4.69) is 5.32 Å². The Bertz CT molecular complexity index is 539. The van der Waals surface area contributed by atoms with Gasteiger partial charge in [-0.2, -0.15) is 0 Å². The first-order valence-electron chi connectivity index (χ1n) is 7.49. The normalized spacial score (nSPS) is 17.3. The summed E-state index contributed by atoms with van der Waals surface area (Å²) >= 11 is 0. The van der Waals surface area contributed by atoms with Crippen molar-refractivity contribution < 1.29 is 19.4 Å². The Labute approximate surface area is 142 Å². The van der Waals surface area contributed by atoms with Gasteiger partial charge in [-0.25, -0.2) is 0 Å². The second-order valence-corrected chi connectivity index (χ2v) is 5.48. The number of hydrogen-bond donors (Lipinski definition) is 2. The largest absolute Gasteiger partial charge is 0.492 e. The van der Waals surface area contributed by atoms with Crippen LogP contribution in [0.1, 0.15) is 18.4 Å². The fourth-order valence-electron chi connectivity index (χ4n) is 2.60. The van der Waals surface area contributed by atoms with Gasteiger partial charge in [-0.3, -0.25) is 14.5 Å². The van der Waals surface area contributed by atoms with Crippen LogP contribution in [-0.4, -0.2) is 54.2 Å². The first-order valence-corrected chi connectivity index (χ1v) is 7.49. The van der Waals surface area contributed by atoms with Gasteiger partial charge < -0.3 is 15.2 Å². The molecule has 0 unspecified atom stereocenters. The minimum atomic E-state index is -0.854. The van der Waals surface area contributed by atoms with Crippen LogP contribution < -0.4 is 10.1 Å². The van der Waals surface area contributed by atoms with Crippen LogP contribution in [0.4, 0.5) is 0 Å². The highest BCUT2D eigenvalue weighted by Gasteiger charge is 2.31. The molecule has 1 aromatic rings. The molecule has 1 amide bonds. The van der Waals surface area contributed by atoms with E-state index in [1.807, 2.05) is 31.2 Å². The number of carboxylic acids is 1. The van der Waals surface area contributed by atoms with E-state index >= 15 is 0 Å². The predicted octanol–water partition coefficient (Wildman–Crippen LogP) is 1.46. The lowest BCUT2D eigenvalue weighted by Crippen LogP contribution is -2.43. The number of rotatable bonds is 7. The fraction of sp³-hybridized carbons (Fsp3) is 0.500. The summed E-state index contributed by atoms with van der Waals surface area (Å²) in [7, 11) is 0. The van der Waals surface area contributed by atoms with Gasteiger partial charge in [-0.05, 0) is 44.0 Å². The van der Waals surface area contributed by atoms with Crippen LogP contribution in [0.15, 0.2) is 24.3 Å². The molecule has 0 saturated carbocycles. The van der Waals surface area contributed by atoms with Gasteiger partial charge in [-0.1, -0.05) is 12.1 Å². The minimum absolute atomic E-state index is 0. The average molecular weight is 343 g/mol. The first kappa shape index (κ1) is 19.3. The van der Waals surface area contributed by atoms with Crippen LogP contribution in [0.3, 0.4) is 0 Å². The van der Waals surface area contributed by atoms with E-state index in [9.17, 15) is 9.59 Å². The van der Waals surface area contributed by atoms with Crippen molar-refractivity contribution in [2.24, 2.45) is 0 Å². The van der Waals surface area contributed by atoms with E-state index in [0.717, 1.165) is 17.7 Å². The molecule has 2 N–H and O–H groups in total. The van der Waals surface area contributed by atoms with Gasteiger partial charge >= 0.3 is 5.97 Å². The van der Waals surface area contributed by atoms with Crippen molar-refractivity contribution in [3.63, 3.8) is 0 Å². The molecule has 1 heterocycles. The molecule has 23 heavy (non-hydrogen) atoms. The van der Waals surface area contributed by atoms with E-state index in [0.29, 0.717) is 26.1 Å². The van der Waals surface area contributed by atoms with Gasteiger partial charge in [0.15, 0.2) is 0 Å². The summed E-state index contributed by atoms with van der Waals surface area (Å²) in [4.78, 5) is 24.6. The van der Waals surface area contributed by atoms with Gasteiger partial charge in [-0.15, -0.1) is 12.4 Å². The second kappa shape index (κ2) is 9.37. The molecule has 0 aromatic heterocycles. The monoisotopic (exact) mass is 342 g/mol. The van der Waals surface area contributed by atoms with Crippen LogP contribution >= 0.6 is 12.4 Å². The Morgan fingerprint density at radius 3 is 2.91 bits per heavy atom. The molecular formula is C16H23ClN2O4. The Morgan fingerprint density at radius 2 is 2.22 bits per heavy atom. The standard InChI is InChI=1S/C16H22N2O4.ClH/c1-12-4-2-5-13(10-12)22-9-7-17-15(19)11-18-8-3-6-14(18)16(20)21;/h2,4-5,10,14H,3,6-9,11H2,1H3,(H,17,19)(H,20,21);1H/t14-;/m1./s1. The third-order valence-corrected chi connectivity index (χ3v) is 3.68. The third-order valence-electron chi connectivity index (χ3n) is 3.68. The zero-order valence-electron chi connectivity index (χ0n) is 13.2. The van der Waals surface area contributed by atoms with Gasteiger partial charge in [0.2, 0.25) is 5.91 Å². The van der Waals surface area contributed by atoms with Gasteiger partial charge in [0.25, 0.3) is 0 Å². The molecule has 2 rings (SSSR count). The van der Waals surface area contributed by atoms with Gasteiger partial charge in [0.05, 0.1) is 13.1 Å². The van der Waals surface area contributed by atoms with Crippen molar-refractivity contribution in [1.29, 1.82) is 0 Å². The van der Waals surface area contributed by atoms with E-state index < -0.39 is 12.0 Å². The summed E-state index contributed by atoms with van der Waals surface area (Å²) in [6.45, 7) is 3.56. The van der Waals surface area contributed by atoms with Crippen molar-refractivity contribution in [3.05, 3.63) is 29.8 Å². The number of halogens is 1. The van der Waals surface area contributed by atoms with Crippen molar-refractivity contribution in [3.8, 4) is 5.75 Å². The maximum absolute atomic E-state index is 11.8. The quantitative estimate of drug-likeness (QED) is 0.733. The molecule has 6 nitrogen and oxygen atoms in total. The zero-order valence-corrected chi connectivity index (χ0v) is 14.0. The summed E-state index contributed by atoms with van der Waals surface area (Å²) in [5, 5.41) is 11.8. The van der Waals surface area contributed by atoms with E-state index in [1.165, 1.54) is 0 Å². The summed E-state index contributed by atoms with van der Waals surface area (Å²) < 4.78 is 5.54. The molecule has 0 radical (unpaired) electrons. The topological polar surface area (TPSA) is 78.9 Å². The Morgan fingerprint density at radius 1 is 1.43 bits per heavy atom. The van der Waals surface area contributed by atoms with E-state index in [-0.39, 0.29) is 24.9 Å². The molecule has 1 saturated heterocycles. The summed E-state index contributed by atoms with van der Waals surface area (Å²) in [5.41, 5.74) is 1.12. The zero-order chi connectivity index (χ0) is 15.9. The highest BCUT2D eigenvalue weighted by atomic mass is 35.5. The SMILES string of the molecule is Cc1cccc(OCCNC(=O)CN2CCC[C@@H]2C(=O)O)c1.Cl. The lowest BCUT2D eigenvalue weighted by molar-refractivity contribution is -0.142. The third kappa shape index (κ3) is 6.08. The summed E-state index contributed by atoms with van der Waals surface area (Å²) in [6.07, 6.45) is 1.43. The number of hydrogen-bond acceptors (Lipinski definition) is 4. The van der Waals surface area contributed by atoms with Crippen molar-refractivity contribution in [2.75, 3.05) is 26.2 Å². The highest BCUT2D eigenvalue weighted by Crippen LogP contribution is 2.16. The molecule has 0 aliphatic carbocycles. The number of aliphatic carboxylic acids is 1. The summed E-state index contributed by atoms with van der Waals surface area (Å²) in [6, 6.07) is 7.18. The number of benzene rings is 1. The molecule has 1 aliphatic heterocycles. The molecule has 0 bridgehead atoms. The molecule has 128 valence electrons. The number of carbonyl (C=O) groups excluding carboxylic acids is 1. The molecule has 1 aliphatic rings. The van der Waals surface area contributed by atoms with Crippen LogP contribution in [0.5, 0.6) is 5.75 Å². The van der Waals surface area contributed by atoms with Crippen molar-refractivity contribution in [2.45, 2.75) is 25.8 Å². The molecule has 7 heteroatoms. The summed E-state index contributed by atoms with van der Waals surface area (Å²) in [5.74, 6) is -0.242. The van der Waals surface area contributed by atoms with Crippen LogP contribution in [0, 0.1) is 6.92 Å². The average Bonchev–Trinajstić information content (AvgIpc) is 2.92. The second-order valence-electron chi connectivity index (χ2n) is 5.48. The first-order chi connectivity index (χ1) is 10.6. The Hall–Kier alpha value is -1.79. The smallest absolute Gasteiger partial charge is 0.320 e. The molecular weight excluding hydrogens is 320 g/mol. The van der Waals surface area contributed by atoms with Gasteiger partial charge in [0.1, 0.15) is 18.4 Å². The van der Waals surface area contributed by atoms with Crippen LogP contribution in [0.2, 0.25) is 0 Å². The minimum Gasteiger partial charge on any atom is -0.492 e. The maximum atomic E-state index is 11.8. The van der Waals surface area contributed by atoms with E-state index in [4.69, 9.17) is 9.84 Å². The molecule has 1 fully saturated rings. The Balaban J connectivity index is 0.00000264. The van der Waals surface area contributed by atoms with E-state index in [1.54, 1.807) is 4.90 Å². The number of aryl methyl sites for hydroxylation is 1. The van der Waals surface area contributed by atoms with Crippen LogP contribution in [0.25, 0.3) is 0 Å². The lowest BCUT2D eigenvalue weighted by atomic mass is 10.2. The number of nitrogens with one attached hydrogen (secondary N) is 1. The Kier molecular flexibility index (Phi) is 7.85. The number of ether oxygens (including phenoxy) is 1. The molecule has 1 atom stereocenters. The lowest BCUT2D eigenvalue weighted by Gasteiger charge is -2.20. The fourth-order valence-corrected chi connectivity index (χ4v) is 2.60. The predicted molar refractivity (Wildman–Crippen MR) is 89.2 cm³/mol. The van der Waals surface area contributed by atoms with Crippen molar-refractivity contribution in [1.82, 2.24) is 10.2 Å². The number of carbonyl (C=O) groups is 2. The molecule has 1 aromatic carbocycles.